The number of ether oxygens (including phenoxy) is 1. The minimum atomic E-state index is -0.173. The number of aryl methyl sites for hydroxylation is 1. The molecule has 0 aliphatic heterocycles. The first-order valence-corrected chi connectivity index (χ1v) is 12.2. The summed E-state index contributed by atoms with van der Waals surface area (Å²) in [4.78, 5) is 18.2. The number of hydrogen-bond acceptors (Lipinski definition) is 4. The standard InChI is InChI=1S/C27H28BrN3O2/c1-4-6-11-26-30-24-14-13-20(28)16-22(24)27(32)31(26)29-17-23-21-10-8-7-9-19(21)12-15-25(23)33-18(3)5-2/h7-10,12-18H,4-6,11H2,1-3H3/t18-/m1/s1. The molecule has 1 aromatic heterocycles. The molecule has 6 heteroatoms. The smallest absolute Gasteiger partial charge is 0.282 e. The van der Waals surface area contributed by atoms with E-state index < -0.39 is 0 Å². The van der Waals surface area contributed by atoms with E-state index in [-0.39, 0.29) is 11.7 Å². The van der Waals surface area contributed by atoms with E-state index in [1.807, 2.05) is 30.3 Å². The Hall–Kier alpha value is -2.99. The zero-order valence-electron chi connectivity index (χ0n) is 19.2. The van der Waals surface area contributed by atoms with Gasteiger partial charge in [-0.15, -0.1) is 0 Å². The molecule has 3 aromatic carbocycles. The molecule has 4 rings (SSSR count). The molecular formula is C27H28BrN3O2. The van der Waals surface area contributed by atoms with Gasteiger partial charge in [-0.25, -0.2) is 4.98 Å². The number of fused-ring (bicyclic) bond motifs is 2. The van der Waals surface area contributed by atoms with E-state index in [9.17, 15) is 4.79 Å². The molecule has 0 aliphatic carbocycles. The van der Waals surface area contributed by atoms with Crippen molar-refractivity contribution in [1.82, 2.24) is 9.66 Å². The fraction of sp³-hybridized carbons (Fsp3) is 0.296. The summed E-state index contributed by atoms with van der Waals surface area (Å²) in [5, 5.41) is 7.33. The molecule has 0 saturated heterocycles. The quantitative estimate of drug-likeness (QED) is 0.250. The van der Waals surface area contributed by atoms with Crippen molar-refractivity contribution in [3.05, 3.63) is 80.8 Å². The van der Waals surface area contributed by atoms with Crippen molar-refractivity contribution in [2.45, 2.75) is 52.6 Å². The van der Waals surface area contributed by atoms with Crippen LogP contribution in [0, 0.1) is 0 Å². The third-order valence-electron chi connectivity index (χ3n) is 5.77. The lowest BCUT2D eigenvalue weighted by Crippen LogP contribution is -2.22. The van der Waals surface area contributed by atoms with Gasteiger partial charge in [-0.1, -0.05) is 66.5 Å². The van der Waals surface area contributed by atoms with Gasteiger partial charge in [-0.2, -0.15) is 9.78 Å². The summed E-state index contributed by atoms with van der Waals surface area (Å²) in [6.07, 6.45) is 5.33. The number of halogens is 1. The molecule has 0 spiro atoms. The van der Waals surface area contributed by atoms with E-state index in [0.29, 0.717) is 23.1 Å². The minimum absolute atomic E-state index is 0.0702. The lowest BCUT2D eigenvalue weighted by molar-refractivity contribution is 0.217. The van der Waals surface area contributed by atoms with Crippen LogP contribution in [0.25, 0.3) is 21.7 Å². The number of rotatable bonds is 8. The minimum Gasteiger partial charge on any atom is -0.490 e. The van der Waals surface area contributed by atoms with Gasteiger partial charge >= 0.3 is 0 Å². The van der Waals surface area contributed by atoms with Crippen LogP contribution in [-0.2, 0) is 6.42 Å². The number of benzene rings is 3. The van der Waals surface area contributed by atoms with Gasteiger partial charge in [0.1, 0.15) is 11.6 Å². The van der Waals surface area contributed by atoms with Crippen molar-refractivity contribution in [3.63, 3.8) is 0 Å². The van der Waals surface area contributed by atoms with Crippen LogP contribution in [0.1, 0.15) is 51.4 Å². The van der Waals surface area contributed by atoms with Crippen molar-refractivity contribution in [3.8, 4) is 5.75 Å². The molecule has 0 fully saturated rings. The predicted octanol–water partition coefficient (Wildman–Crippen LogP) is 6.71. The summed E-state index contributed by atoms with van der Waals surface area (Å²) < 4.78 is 8.48. The van der Waals surface area contributed by atoms with Gasteiger partial charge in [-0.3, -0.25) is 4.79 Å². The Labute approximate surface area is 202 Å². The van der Waals surface area contributed by atoms with Gasteiger partial charge in [-0.05, 0) is 54.8 Å². The van der Waals surface area contributed by atoms with Crippen LogP contribution in [0.3, 0.4) is 0 Å². The molecule has 170 valence electrons. The van der Waals surface area contributed by atoms with Crippen LogP contribution in [0.15, 0.2) is 69.0 Å². The number of hydrogen-bond donors (Lipinski definition) is 0. The second-order valence-corrected chi connectivity index (χ2v) is 9.11. The Morgan fingerprint density at radius 1 is 1.12 bits per heavy atom. The van der Waals surface area contributed by atoms with Crippen LogP contribution in [0.5, 0.6) is 5.75 Å². The first-order valence-electron chi connectivity index (χ1n) is 11.5. The number of unbranched alkanes of at least 4 members (excludes halogenated alkanes) is 1. The molecule has 0 saturated carbocycles. The number of nitrogens with zero attached hydrogens (tertiary/aromatic N) is 3. The normalized spacial score (nSPS) is 12.6. The Morgan fingerprint density at radius 2 is 1.94 bits per heavy atom. The molecular weight excluding hydrogens is 478 g/mol. The van der Waals surface area contributed by atoms with Crippen molar-refractivity contribution >= 4 is 43.8 Å². The summed E-state index contributed by atoms with van der Waals surface area (Å²) in [7, 11) is 0. The second-order valence-electron chi connectivity index (χ2n) is 8.19. The molecule has 0 amide bonds. The Balaban J connectivity index is 1.89. The molecule has 1 atom stereocenters. The summed E-state index contributed by atoms with van der Waals surface area (Å²) >= 11 is 3.46. The fourth-order valence-corrected chi connectivity index (χ4v) is 4.10. The van der Waals surface area contributed by atoms with Crippen molar-refractivity contribution in [2.24, 2.45) is 5.10 Å². The molecule has 0 aliphatic rings. The lowest BCUT2D eigenvalue weighted by Gasteiger charge is -2.16. The highest BCUT2D eigenvalue weighted by Crippen LogP contribution is 2.28. The first-order chi connectivity index (χ1) is 16.0. The lowest BCUT2D eigenvalue weighted by atomic mass is 10.0. The molecule has 0 radical (unpaired) electrons. The number of aromatic nitrogens is 2. The van der Waals surface area contributed by atoms with Gasteiger partial charge in [0.2, 0.25) is 0 Å². The highest BCUT2D eigenvalue weighted by atomic mass is 79.9. The molecule has 0 N–H and O–H groups in total. The van der Waals surface area contributed by atoms with Gasteiger partial charge in [0.15, 0.2) is 0 Å². The zero-order chi connectivity index (χ0) is 23.4. The van der Waals surface area contributed by atoms with E-state index in [0.717, 1.165) is 45.8 Å². The third-order valence-corrected chi connectivity index (χ3v) is 6.26. The van der Waals surface area contributed by atoms with E-state index in [2.05, 4.69) is 60.0 Å². The Bertz CT molecular complexity index is 1380. The van der Waals surface area contributed by atoms with Crippen LogP contribution in [-0.4, -0.2) is 22.0 Å². The topological polar surface area (TPSA) is 56.5 Å². The van der Waals surface area contributed by atoms with E-state index in [1.54, 1.807) is 12.3 Å². The van der Waals surface area contributed by atoms with Crippen LogP contribution in [0.2, 0.25) is 0 Å². The molecule has 4 aromatic rings. The summed E-state index contributed by atoms with van der Waals surface area (Å²) in [5.74, 6) is 1.42. The maximum absolute atomic E-state index is 13.4. The molecule has 0 unspecified atom stereocenters. The van der Waals surface area contributed by atoms with Gasteiger partial charge in [0, 0.05) is 16.5 Å². The van der Waals surface area contributed by atoms with Crippen molar-refractivity contribution < 1.29 is 4.74 Å². The maximum atomic E-state index is 13.4. The molecule has 5 nitrogen and oxygen atoms in total. The monoisotopic (exact) mass is 505 g/mol. The first kappa shape index (κ1) is 23.2. The average Bonchev–Trinajstić information content (AvgIpc) is 2.83. The van der Waals surface area contributed by atoms with E-state index in [4.69, 9.17) is 9.72 Å². The fourth-order valence-electron chi connectivity index (χ4n) is 3.74. The zero-order valence-corrected chi connectivity index (χ0v) is 20.8. The summed E-state index contributed by atoms with van der Waals surface area (Å²) in [6, 6.07) is 17.7. The largest absolute Gasteiger partial charge is 0.490 e. The van der Waals surface area contributed by atoms with Crippen LogP contribution in [0.4, 0.5) is 0 Å². The van der Waals surface area contributed by atoms with Crippen LogP contribution >= 0.6 is 15.9 Å². The highest BCUT2D eigenvalue weighted by Gasteiger charge is 2.13. The van der Waals surface area contributed by atoms with Gasteiger partial charge in [0.05, 0.1) is 23.2 Å². The molecule has 33 heavy (non-hydrogen) atoms. The second kappa shape index (κ2) is 10.3. The molecule has 1 heterocycles. The predicted molar refractivity (Wildman–Crippen MR) is 140 cm³/mol. The van der Waals surface area contributed by atoms with Gasteiger partial charge in [0.25, 0.3) is 5.56 Å². The summed E-state index contributed by atoms with van der Waals surface area (Å²) in [5.41, 5.74) is 1.37. The molecule has 0 bridgehead atoms. The van der Waals surface area contributed by atoms with E-state index >= 15 is 0 Å². The SMILES string of the molecule is CCCCc1nc2ccc(Br)cc2c(=O)n1N=Cc1c(O[C@H](C)CC)ccc2ccccc12. The van der Waals surface area contributed by atoms with Crippen molar-refractivity contribution in [2.75, 3.05) is 0 Å². The Kier molecular flexibility index (Phi) is 7.23. The van der Waals surface area contributed by atoms with E-state index in [1.165, 1.54) is 4.68 Å². The van der Waals surface area contributed by atoms with Crippen molar-refractivity contribution in [1.29, 1.82) is 0 Å². The maximum Gasteiger partial charge on any atom is 0.282 e. The third kappa shape index (κ3) is 5.01. The Morgan fingerprint density at radius 3 is 2.73 bits per heavy atom. The summed E-state index contributed by atoms with van der Waals surface area (Å²) in [6.45, 7) is 6.27. The van der Waals surface area contributed by atoms with Gasteiger partial charge < -0.3 is 4.74 Å². The van der Waals surface area contributed by atoms with Crippen LogP contribution < -0.4 is 10.3 Å². The average molecular weight is 506 g/mol. The highest BCUT2D eigenvalue weighted by molar-refractivity contribution is 9.10.